The Morgan fingerprint density at radius 3 is 2.00 bits per heavy atom. The molecule has 0 fully saturated rings. The highest BCUT2D eigenvalue weighted by Gasteiger charge is 1.94. The Morgan fingerprint density at radius 1 is 1.33 bits per heavy atom. The van der Waals surface area contributed by atoms with E-state index in [0.717, 1.165) is 6.42 Å². The summed E-state index contributed by atoms with van der Waals surface area (Å²) in [6, 6.07) is 0. The fourth-order valence-electron chi connectivity index (χ4n) is 0.333. The Morgan fingerprint density at radius 2 is 1.78 bits per heavy atom. The van der Waals surface area contributed by atoms with Gasteiger partial charge < -0.3 is 0 Å². The molecule has 0 N–H and O–H groups in total. The SMILES string of the molecule is CCC(N=C=S)N=C=S. The number of aliphatic imine (C=N–C) groups is 2. The molecule has 0 saturated heterocycles. The van der Waals surface area contributed by atoms with Crippen molar-refractivity contribution in [1.82, 2.24) is 0 Å². The van der Waals surface area contributed by atoms with Crippen LogP contribution in [0.2, 0.25) is 0 Å². The molecule has 0 atom stereocenters. The van der Waals surface area contributed by atoms with Crippen molar-refractivity contribution in [1.29, 1.82) is 0 Å². The van der Waals surface area contributed by atoms with E-state index in [-0.39, 0.29) is 6.17 Å². The van der Waals surface area contributed by atoms with Crippen LogP contribution in [0.5, 0.6) is 0 Å². The van der Waals surface area contributed by atoms with Gasteiger partial charge in [-0.2, -0.15) is 0 Å². The standard InChI is InChI=1S/C5H6N2S2/c1-2-5(6-3-8)7-4-9/h5H,2H2,1H3. The highest BCUT2D eigenvalue weighted by molar-refractivity contribution is 7.78. The van der Waals surface area contributed by atoms with Gasteiger partial charge in [-0.1, -0.05) is 6.92 Å². The monoisotopic (exact) mass is 158 g/mol. The molecule has 0 aliphatic carbocycles. The first-order valence-electron chi connectivity index (χ1n) is 2.49. The lowest BCUT2D eigenvalue weighted by atomic mass is 10.4. The van der Waals surface area contributed by atoms with Crippen LogP contribution >= 0.6 is 24.4 Å². The lowest BCUT2D eigenvalue weighted by molar-refractivity contribution is 0.696. The Balaban J connectivity index is 3.97. The maximum atomic E-state index is 4.37. The molecule has 0 radical (unpaired) electrons. The van der Waals surface area contributed by atoms with Gasteiger partial charge in [0.05, 0.1) is 10.3 Å². The summed E-state index contributed by atoms with van der Waals surface area (Å²) in [5.41, 5.74) is 0. The Hall–Kier alpha value is -0.400. The predicted molar refractivity (Wildman–Crippen MR) is 44.1 cm³/mol. The molecule has 0 rings (SSSR count). The molecule has 0 aromatic heterocycles. The summed E-state index contributed by atoms with van der Waals surface area (Å²) in [4.78, 5) is 7.40. The molecule has 0 spiro atoms. The molecular formula is C5H6N2S2. The summed E-state index contributed by atoms with van der Waals surface area (Å²) < 4.78 is 0. The van der Waals surface area contributed by atoms with Crippen LogP contribution in [0.15, 0.2) is 9.98 Å². The quantitative estimate of drug-likeness (QED) is 0.463. The van der Waals surface area contributed by atoms with Gasteiger partial charge in [0.15, 0.2) is 6.17 Å². The molecule has 0 aromatic rings. The smallest absolute Gasteiger partial charge is 0.159 e. The van der Waals surface area contributed by atoms with E-state index in [4.69, 9.17) is 0 Å². The first-order valence-corrected chi connectivity index (χ1v) is 3.30. The van der Waals surface area contributed by atoms with E-state index in [2.05, 4.69) is 44.7 Å². The van der Waals surface area contributed by atoms with E-state index in [1.54, 1.807) is 0 Å². The highest BCUT2D eigenvalue weighted by Crippen LogP contribution is 1.95. The van der Waals surface area contributed by atoms with Crippen molar-refractivity contribution in [2.75, 3.05) is 0 Å². The minimum absolute atomic E-state index is 0.167. The summed E-state index contributed by atoms with van der Waals surface area (Å²) in [5, 5.41) is 4.46. The molecule has 0 amide bonds. The zero-order valence-corrected chi connectivity index (χ0v) is 6.63. The van der Waals surface area contributed by atoms with Crippen LogP contribution in [0.3, 0.4) is 0 Å². The summed E-state index contributed by atoms with van der Waals surface area (Å²) in [7, 11) is 0. The minimum Gasteiger partial charge on any atom is -0.204 e. The second-order valence-electron chi connectivity index (χ2n) is 1.33. The second kappa shape index (κ2) is 5.73. The van der Waals surface area contributed by atoms with Gasteiger partial charge >= 0.3 is 0 Å². The van der Waals surface area contributed by atoms with Gasteiger partial charge in [-0.25, -0.2) is 9.98 Å². The zero-order valence-electron chi connectivity index (χ0n) is 5.00. The molecule has 0 bridgehead atoms. The van der Waals surface area contributed by atoms with Gasteiger partial charge in [0.1, 0.15) is 0 Å². The lowest BCUT2D eigenvalue weighted by Gasteiger charge is -1.94. The molecule has 0 aliphatic rings. The van der Waals surface area contributed by atoms with Gasteiger partial charge in [0.25, 0.3) is 0 Å². The predicted octanol–water partition coefficient (Wildman–Crippen LogP) is 1.93. The van der Waals surface area contributed by atoms with Crippen molar-refractivity contribution in [2.45, 2.75) is 19.5 Å². The van der Waals surface area contributed by atoms with Crippen LogP contribution in [0.25, 0.3) is 0 Å². The van der Waals surface area contributed by atoms with Crippen LogP contribution in [-0.2, 0) is 0 Å². The Labute approximate surface area is 64.7 Å². The summed E-state index contributed by atoms with van der Waals surface area (Å²) >= 11 is 8.74. The maximum absolute atomic E-state index is 4.37. The van der Waals surface area contributed by atoms with Crippen molar-refractivity contribution >= 4 is 34.8 Å². The molecule has 0 aromatic carbocycles. The third-order valence-corrected chi connectivity index (χ3v) is 0.979. The van der Waals surface area contributed by atoms with Gasteiger partial charge in [0, 0.05) is 0 Å². The van der Waals surface area contributed by atoms with Crippen LogP contribution in [0.4, 0.5) is 0 Å². The number of thiocarbonyl (C=S) groups is 2. The van der Waals surface area contributed by atoms with Gasteiger partial charge in [-0.15, -0.1) is 0 Å². The molecule has 4 heteroatoms. The fourth-order valence-corrected chi connectivity index (χ4v) is 0.576. The Bertz CT molecular complexity index is 148. The first-order chi connectivity index (χ1) is 4.35. The lowest BCUT2D eigenvalue weighted by Crippen LogP contribution is -1.94. The molecule has 48 valence electrons. The minimum atomic E-state index is -0.167. The van der Waals surface area contributed by atoms with E-state index in [1.165, 1.54) is 0 Å². The Kier molecular flexibility index (Phi) is 5.48. The second-order valence-corrected chi connectivity index (χ2v) is 1.69. The van der Waals surface area contributed by atoms with E-state index < -0.39 is 0 Å². The maximum Gasteiger partial charge on any atom is 0.159 e. The number of hydrogen-bond acceptors (Lipinski definition) is 4. The summed E-state index contributed by atoms with van der Waals surface area (Å²) in [6.07, 6.45) is 0.618. The van der Waals surface area contributed by atoms with Crippen LogP contribution in [0, 0.1) is 0 Å². The molecule has 0 saturated carbocycles. The fraction of sp³-hybridized carbons (Fsp3) is 0.600. The first kappa shape index (κ1) is 8.60. The molecule has 0 heterocycles. The van der Waals surface area contributed by atoms with E-state index in [0.29, 0.717) is 0 Å². The van der Waals surface area contributed by atoms with Gasteiger partial charge in [-0.3, -0.25) is 0 Å². The third kappa shape index (κ3) is 4.13. The topological polar surface area (TPSA) is 24.7 Å². The normalized spacial score (nSPS) is 10.8. The van der Waals surface area contributed by atoms with Crippen LogP contribution in [0.1, 0.15) is 13.3 Å². The van der Waals surface area contributed by atoms with Crippen molar-refractivity contribution in [3.8, 4) is 0 Å². The summed E-state index contributed by atoms with van der Waals surface area (Å²) in [6.45, 7) is 1.94. The van der Waals surface area contributed by atoms with Gasteiger partial charge in [-0.05, 0) is 30.9 Å². The molecule has 0 unspecified atom stereocenters. The molecule has 2 nitrogen and oxygen atoms in total. The summed E-state index contributed by atoms with van der Waals surface area (Å²) in [5.74, 6) is 0. The van der Waals surface area contributed by atoms with E-state index in [9.17, 15) is 0 Å². The number of isothiocyanates is 2. The average molecular weight is 158 g/mol. The van der Waals surface area contributed by atoms with Crippen molar-refractivity contribution < 1.29 is 0 Å². The van der Waals surface area contributed by atoms with Crippen molar-refractivity contribution in [2.24, 2.45) is 9.98 Å². The molecule has 0 aliphatic heterocycles. The highest BCUT2D eigenvalue weighted by atomic mass is 32.1. The van der Waals surface area contributed by atoms with Crippen molar-refractivity contribution in [3.05, 3.63) is 0 Å². The number of hydrogen-bond donors (Lipinski definition) is 0. The van der Waals surface area contributed by atoms with E-state index >= 15 is 0 Å². The molecule has 9 heavy (non-hydrogen) atoms. The van der Waals surface area contributed by atoms with Crippen LogP contribution in [-0.4, -0.2) is 16.5 Å². The van der Waals surface area contributed by atoms with Crippen molar-refractivity contribution in [3.63, 3.8) is 0 Å². The van der Waals surface area contributed by atoms with Gasteiger partial charge in [0.2, 0.25) is 0 Å². The largest absolute Gasteiger partial charge is 0.204 e. The van der Waals surface area contributed by atoms with Crippen LogP contribution < -0.4 is 0 Å². The molecular weight excluding hydrogens is 152 g/mol. The average Bonchev–Trinajstić information content (AvgIpc) is 1.88. The van der Waals surface area contributed by atoms with E-state index in [1.807, 2.05) is 6.92 Å². The number of rotatable bonds is 3. The third-order valence-electron chi connectivity index (χ3n) is 0.769. The number of nitrogens with zero attached hydrogens (tertiary/aromatic N) is 2. The zero-order chi connectivity index (χ0) is 7.11.